The molecule has 1 N–H and O–H groups in total. The number of hydrogen-bond acceptors (Lipinski definition) is 7. The van der Waals surface area contributed by atoms with Crippen molar-refractivity contribution in [2.24, 2.45) is 0 Å². The Hall–Kier alpha value is -2.91. The van der Waals surface area contributed by atoms with Gasteiger partial charge in [-0.1, -0.05) is 17.8 Å². The van der Waals surface area contributed by atoms with Crippen molar-refractivity contribution in [1.29, 1.82) is 0 Å². The van der Waals surface area contributed by atoms with E-state index in [-0.39, 0.29) is 5.91 Å². The van der Waals surface area contributed by atoms with E-state index in [0.717, 1.165) is 55.9 Å². The monoisotopic (exact) mass is 465 g/mol. The van der Waals surface area contributed by atoms with Gasteiger partial charge in [0.2, 0.25) is 11.9 Å². The first-order valence-electron chi connectivity index (χ1n) is 11.3. The number of aromatic nitrogens is 4. The van der Waals surface area contributed by atoms with E-state index in [4.69, 9.17) is 0 Å². The minimum absolute atomic E-state index is 0.0426. The maximum Gasteiger partial charge on any atom is 0.230 e. The number of thioether (sulfide) groups is 1. The molecule has 1 saturated heterocycles. The molecule has 0 saturated carbocycles. The summed E-state index contributed by atoms with van der Waals surface area (Å²) in [6.45, 7) is 9.68. The van der Waals surface area contributed by atoms with Crippen molar-refractivity contribution in [2.75, 3.05) is 49.9 Å². The van der Waals surface area contributed by atoms with Gasteiger partial charge >= 0.3 is 0 Å². The normalized spacial score (nSPS) is 14.4. The summed E-state index contributed by atoms with van der Waals surface area (Å²) >= 11 is 1.46. The van der Waals surface area contributed by atoms with Crippen LogP contribution in [0.25, 0.3) is 5.69 Å². The summed E-state index contributed by atoms with van der Waals surface area (Å²) in [7, 11) is 0. The number of hydrogen-bond donors (Lipinski definition) is 1. The van der Waals surface area contributed by atoms with Gasteiger partial charge in [-0.15, -0.1) is 0 Å². The molecule has 3 heterocycles. The molecule has 8 nitrogen and oxygen atoms in total. The standard InChI is InChI=1S/C24H31N7OS/c1-19-15-20(2)17-21(16-19)31-10-8-28-24(31)33-18-22(32)25-7-4-9-29-11-13-30(14-12-29)23-26-5-3-6-27-23/h3,5-6,8,10,15-17H,4,7,9,11-14,18H2,1-2H3,(H,25,32). The molecule has 174 valence electrons. The van der Waals surface area contributed by atoms with Gasteiger partial charge in [-0.2, -0.15) is 0 Å². The number of aryl methyl sites for hydroxylation is 2. The van der Waals surface area contributed by atoms with Gasteiger partial charge in [0.05, 0.1) is 5.75 Å². The average Bonchev–Trinajstić information content (AvgIpc) is 3.30. The first kappa shape index (κ1) is 23.3. The van der Waals surface area contributed by atoms with Gasteiger partial charge in [0.25, 0.3) is 0 Å². The predicted molar refractivity (Wildman–Crippen MR) is 132 cm³/mol. The number of benzene rings is 1. The third-order valence-electron chi connectivity index (χ3n) is 5.60. The Kier molecular flexibility index (Phi) is 7.96. The molecule has 0 aliphatic carbocycles. The molecule has 1 aliphatic rings. The zero-order valence-corrected chi connectivity index (χ0v) is 20.1. The first-order chi connectivity index (χ1) is 16.1. The van der Waals surface area contributed by atoms with Crippen LogP contribution in [0, 0.1) is 13.8 Å². The van der Waals surface area contributed by atoms with Crippen molar-refractivity contribution in [3.63, 3.8) is 0 Å². The van der Waals surface area contributed by atoms with E-state index >= 15 is 0 Å². The quantitative estimate of drug-likeness (QED) is 0.384. The molecule has 1 amide bonds. The van der Waals surface area contributed by atoms with Crippen LogP contribution in [0.5, 0.6) is 0 Å². The van der Waals surface area contributed by atoms with Crippen LogP contribution in [-0.4, -0.2) is 75.3 Å². The Morgan fingerprint density at radius 2 is 1.73 bits per heavy atom. The summed E-state index contributed by atoms with van der Waals surface area (Å²) in [5, 5.41) is 3.87. The average molecular weight is 466 g/mol. The number of imidazole rings is 1. The fourth-order valence-electron chi connectivity index (χ4n) is 4.02. The number of amides is 1. The van der Waals surface area contributed by atoms with E-state index in [1.165, 1.54) is 22.9 Å². The number of carbonyl (C=O) groups is 1. The Morgan fingerprint density at radius 3 is 2.45 bits per heavy atom. The molecule has 0 spiro atoms. The molecule has 0 unspecified atom stereocenters. The van der Waals surface area contributed by atoms with Crippen LogP contribution in [0.1, 0.15) is 17.5 Å². The van der Waals surface area contributed by atoms with Crippen LogP contribution < -0.4 is 10.2 Å². The lowest BCUT2D eigenvalue weighted by Crippen LogP contribution is -2.47. The number of rotatable bonds is 9. The molecule has 0 radical (unpaired) electrons. The highest BCUT2D eigenvalue weighted by Gasteiger charge is 2.18. The highest BCUT2D eigenvalue weighted by Crippen LogP contribution is 2.22. The van der Waals surface area contributed by atoms with Crippen molar-refractivity contribution in [2.45, 2.75) is 25.4 Å². The lowest BCUT2D eigenvalue weighted by atomic mass is 10.1. The Balaban J connectivity index is 1.15. The van der Waals surface area contributed by atoms with Gasteiger partial charge in [0, 0.05) is 63.2 Å². The van der Waals surface area contributed by atoms with Crippen molar-refractivity contribution in [1.82, 2.24) is 29.7 Å². The van der Waals surface area contributed by atoms with Crippen LogP contribution in [0.4, 0.5) is 5.95 Å². The van der Waals surface area contributed by atoms with Crippen LogP contribution in [0.3, 0.4) is 0 Å². The molecule has 0 bridgehead atoms. The van der Waals surface area contributed by atoms with Gasteiger partial charge in [-0.25, -0.2) is 15.0 Å². The lowest BCUT2D eigenvalue weighted by molar-refractivity contribution is -0.118. The fourth-order valence-corrected chi connectivity index (χ4v) is 4.82. The molecular formula is C24H31N7OS. The molecular weight excluding hydrogens is 434 g/mol. The summed E-state index contributed by atoms with van der Waals surface area (Å²) in [6, 6.07) is 8.25. The number of carbonyl (C=O) groups excluding carboxylic acids is 1. The molecule has 1 aliphatic heterocycles. The Morgan fingerprint density at radius 1 is 1.00 bits per heavy atom. The maximum atomic E-state index is 12.3. The van der Waals surface area contributed by atoms with Crippen LogP contribution in [0.15, 0.2) is 54.2 Å². The van der Waals surface area contributed by atoms with E-state index in [0.29, 0.717) is 12.3 Å². The molecule has 9 heteroatoms. The summed E-state index contributed by atoms with van der Waals surface area (Å²) in [6.07, 6.45) is 8.23. The summed E-state index contributed by atoms with van der Waals surface area (Å²) in [4.78, 5) is 30.1. The zero-order chi connectivity index (χ0) is 23.0. The number of piperazine rings is 1. The van der Waals surface area contributed by atoms with Crippen molar-refractivity contribution in [3.8, 4) is 5.69 Å². The minimum Gasteiger partial charge on any atom is -0.355 e. The summed E-state index contributed by atoms with van der Waals surface area (Å²) < 4.78 is 2.04. The van der Waals surface area contributed by atoms with Crippen molar-refractivity contribution in [3.05, 3.63) is 60.2 Å². The largest absolute Gasteiger partial charge is 0.355 e. The van der Waals surface area contributed by atoms with E-state index < -0.39 is 0 Å². The van der Waals surface area contributed by atoms with E-state index in [1.54, 1.807) is 18.6 Å². The number of anilines is 1. The highest BCUT2D eigenvalue weighted by molar-refractivity contribution is 7.99. The second-order valence-corrected chi connectivity index (χ2v) is 9.24. The summed E-state index contributed by atoms with van der Waals surface area (Å²) in [5.74, 6) is 1.21. The highest BCUT2D eigenvalue weighted by atomic mass is 32.2. The van der Waals surface area contributed by atoms with Gasteiger partial charge < -0.3 is 10.2 Å². The first-order valence-corrected chi connectivity index (χ1v) is 12.3. The smallest absolute Gasteiger partial charge is 0.230 e. The topological polar surface area (TPSA) is 79.2 Å². The third-order valence-corrected chi connectivity index (χ3v) is 6.57. The predicted octanol–water partition coefficient (Wildman–Crippen LogP) is 2.70. The number of nitrogens with one attached hydrogen (secondary N) is 1. The molecule has 2 aromatic heterocycles. The SMILES string of the molecule is Cc1cc(C)cc(-n2ccnc2SCC(=O)NCCCN2CCN(c3ncccn3)CC2)c1. The third kappa shape index (κ3) is 6.55. The molecule has 33 heavy (non-hydrogen) atoms. The minimum atomic E-state index is 0.0426. The lowest BCUT2D eigenvalue weighted by Gasteiger charge is -2.34. The maximum absolute atomic E-state index is 12.3. The summed E-state index contributed by atoms with van der Waals surface area (Å²) in [5.41, 5.74) is 3.50. The van der Waals surface area contributed by atoms with E-state index in [2.05, 4.69) is 62.1 Å². The Labute approximate surface area is 199 Å². The van der Waals surface area contributed by atoms with Crippen LogP contribution in [-0.2, 0) is 4.79 Å². The second kappa shape index (κ2) is 11.3. The molecule has 1 aromatic carbocycles. The van der Waals surface area contributed by atoms with Gasteiger partial charge in [0.15, 0.2) is 5.16 Å². The fraction of sp³-hybridized carbons (Fsp3) is 0.417. The van der Waals surface area contributed by atoms with Gasteiger partial charge in [-0.3, -0.25) is 14.3 Å². The van der Waals surface area contributed by atoms with Crippen LogP contribution >= 0.6 is 11.8 Å². The zero-order valence-electron chi connectivity index (χ0n) is 19.3. The molecule has 1 fully saturated rings. The Bertz CT molecular complexity index is 1030. The van der Waals surface area contributed by atoms with Crippen molar-refractivity contribution < 1.29 is 4.79 Å². The van der Waals surface area contributed by atoms with E-state index in [9.17, 15) is 4.79 Å². The van der Waals surface area contributed by atoms with E-state index in [1.807, 2.05) is 16.8 Å². The van der Waals surface area contributed by atoms with Gasteiger partial charge in [0.1, 0.15) is 0 Å². The van der Waals surface area contributed by atoms with Gasteiger partial charge in [-0.05, 0) is 56.1 Å². The second-order valence-electron chi connectivity index (χ2n) is 8.30. The van der Waals surface area contributed by atoms with Crippen molar-refractivity contribution >= 4 is 23.6 Å². The number of nitrogens with zero attached hydrogens (tertiary/aromatic N) is 6. The van der Waals surface area contributed by atoms with Crippen LogP contribution in [0.2, 0.25) is 0 Å². The molecule has 3 aromatic rings. The molecule has 0 atom stereocenters. The molecule has 4 rings (SSSR count).